The minimum Gasteiger partial charge on any atom is -0.339 e. The number of nitro groups is 1. The zero-order valence-electron chi connectivity index (χ0n) is 20.1. The number of thiazole rings is 1. The van der Waals surface area contributed by atoms with Gasteiger partial charge in [0.15, 0.2) is 0 Å². The molecule has 2 amide bonds. The summed E-state index contributed by atoms with van der Waals surface area (Å²) < 4.78 is 0. The molecule has 3 aromatic rings. The molecule has 1 N–H and O–H groups in total. The molecule has 1 fully saturated rings. The molecule has 1 aliphatic rings. The van der Waals surface area contributed by atoms with E-state index in [1.54, 1.807) is 29.8 Å². The molecule has 3 aromatic heterocycles. The maximum atomic E-state index is 13.1. The Labute approximate surface area is 221 Å². The van der Waals surface area contributed by atoms with Gasteiger partial charge in [0.05, 0.1) is 15.5 Å². The van der Waals surface area contributed by atoms with Gasteiger partial charge in [-0.3, -0.25) is 30.1 Å². The molecular weight excluding hydrogens is 514 g/mol. The molecule has 0 aromatic carbocycles. The number of thioether (sulfide) groups is 1. The van der Waals surface area contributed by atoms with E-state index in [1.807, 2.05) is 4.90 Å². The van der Waals surface area contributed by atoms with Crippen LogP contribution in [0.4, 0.5) is 11.5 Å². The Hall–Kier alpha value is -3.84. The van der Waals surface area contributed by atoms with Gasteiger partial charge in [-0.1, -0.05) is 6.08 Å². The molecule has 37 heavy (non-hydrogen) atoms. The number of hydrogen-bond donors (Lipinski definition) is 1. The topological polar surface area (TPSA) is 134 Å². The molecule has 0 unspecified atom stereocenters. The van der Waals surface area contributed by atoms with Gasteiger partial charge in [0.1, 0.15) is 10.7 Å². The molecular formula is C24H25N7O4S2. The first-order chi connectivity index (χ1) is 17.9. The highest BCUT2D eigenvalue weighted by atomic mass is 32.2. The second-order valence-electron chi connectivity index (χ2n) is 8.20. The second kappa shape index (κ2) is 11.9. The van der Waals surface area contributed by atoms with Crippen LogP contribution in [0.2, 0.25) is 0 Å². The van der Waals surface area contributed by atoms with Crippen LogP contribution in [0.25, 0.3) is 0 Å². The summed E-state index contributed by atoms with van der Waals surface area (Å²) in [7, 11) is 1.48. The summed E-state index contributed by atoms with van der Waals surface area (Å²) in [6, 6.07) is 6.34. The number of aromatic nitrogens is 3. The zero-order valence-corrected chi connectivity index (χ0v) is 21.7. The first-order valence-electron chi connectivity index (χ1n) is 11.5. The van der Waals surface area contributed by atoms with Gasteiger partial charge in [-0.25, -0.2) is 15.0 Å². The van der Waals surface area contributed by atoms with Crippen molar-refractivity contribution in [2.75, 3.05) is 30.9 Å². The van der Waals surface area contributed by atoms with E-state index in [0.29, 0.717) is 29.4 Å². The van der Waals surface area contributed by atoms with Gasteiger partial charge in [0.2, 0.25) is 5.82 Å². The largest absolute Gasteiger partial charge is 0.339 e. The van der Waals surface area contributed by atoms with E-state index in [9.17, 15) is 19.7 Å². The minimum absolute atomic E-state index is 0.0213. The Balaban J connectivity index is 1.36. The molecule has 1 saturated heterocycles. The first-order valence-corrected chi connectivity index (χ1v) is 13.3. The lowest BCUT2D eigenvalue weighted by Crippen LogP contribution is -2.40. The number of nitrogens with one attached hydrogen (secondary N) is 1. The standard InChI is InChI=1S/C24H25N7O4S2/c1-3-14-36-23-17(6-4-11-26-23)24(33)30-12-8-16(9-13-30)22-27-18(15-37-22)21(32)28-29(2)20-19(31(34)35)7-5-10-25-20/h3-7,10-11,15-16H,1,8-9,12-14H2,2H3,(H,28,32). The summed E-state index contributed by atoms with van der Waals surface area (Å²) >= 11 is 2.88. The molecule has 0 aliphatic carbocycles. The van der Waals surface area contributed by atoms with E-state index in [4.69, 9.17) is 0 Å². The highest BCUT2D eigenvalue weighted by molar-refractivity contribution is 7.99. The number of hydrogen-bond acceptors (Lipinski definition) is 10. The smallest absolute Gasteiger partial charge is 0.313 e. The van der Waals surface area contributed by atoms with Crippen molar-refractivity contribution in [2.45, 2.75) is 23.8 Å². The van der Waals surface area contributed by atoms with Crippen molar-refractivity contribution in [3.63, 3.8) is 0 Å². The van der Waals surface area contributed by atoms with Crippen LogP contribution in [0.3, 0.4) is 0 Å². The van der Waals surface area contributed by atoms with E-state index in [1.165, 1.54) is 53.5 Å². The van der Waals surface area contributed by atoms with E-state index < -0.39 is 10.8 Å². The maximum Gasteiger partial charge on any atom is 0.313 e. The van der Waals surface area contributed by atoms with E-state index in [-0.39, 0.29) is 29.0 Å². The summed E-state index contributed by atoms with van der Waals surface area (Å²) in [4.78, 5) is 51.3. The predicted octanol–water partition coefficient (Wildman–Crippen LogP) is 3.92. The molecule has 11 nitrogen and oxygen atoms in total. The average Bonchev–Trinajstić information content (AvgIpc) is 3.42. The van der Waals surface area contributed by atoms with Crippen LogP contribution in [0, 0.1) is 10.1 Å². The highest BCUT2D eigenvalue weighted by Crippen LogP contribution is 2.32. The lowest BCUT2D eigenvalue weighted by atomic mass is 9.97. The van der Waals surface area contributed by atoms with Crippen LogP contribution < -0.4 is 10.4 Å². The van der Waals surface area contributed by atoms with Gasteiger partial charge < -0.3 is 4.90 Å². The fraction of sp³-hybridized carbons (Fsp3) is 0.292. The lowest BCUT2D eigenvalue weighted by Gasteiger charge is -2.31. The fourth-order valence-electron chi connectivity index (χ4n) is 3.94. The number of carbonyl (C=O) groups is 2. The molecule has 13 heteroatoms. The van der Waals surface area contributed by atoms with Crippen molar-refractivity contribution >= 4 is 46.4 Å². The third-order valence-corrected chi connectivity index (χ3v) is 7.78. The number of likely N-dealkylation sites (tertiary alicyclic amines) is 1. The highest BCUT2D eigenvalue weighted by Gasteiger charge is 2.28. The van der Waals surface area contributed by atoms with Gasteiger partial charge in [0.25, 0.3) is 11.8 Å². The molecule has 0 spiro atoms. The fourth-order valence-corrected chi connectivity index (χ4v) is 5.63. The summed E-state index contributed by atoms with van der Waals surface area (Å²) in [5.41, 5.74) is 3.19. The normalized spacial score (nSPS) is 13.7. The Morgan fingerprint density at radius 1 is 1.30 bits per heavy atom. The first kappa shape index (κ1) is 26.2. The van der Waals surface area contributed by atoms with Gasteiger partial charge in [-0.2, -0.15) is 0 Å². The number of amides is 2. The van der Waals surface area contributed by atoms with Crippen LogP contribution in [0.1, 0.15) is 44.6 Å². The van der Waals surface area contributed by atoms with Crippen molar-refractivity contribution < 1.29 is 14.5 Å². The number of hydrazine groups is 1. The van der Waals surface area contributed by atoms with E-state index in [2.05, 4.69) is 27.0 Å². The van der Waals surface area contributed by atoms with E-state index in [0.717, 1.165) is 17.8 Å². The van der Waals surface area contributed by atoms with Crippen LogP contribution in [0.15, 0.2) is 59.7 Å². The van der Waals surface area contributed by atoms with Crippen molar-refractivity contribution in [3.05, 3.63) is 81.1 Å². The van der Waals surface area contributed by atoms with Crippen LogP contribution in [-0.4, -0.2) is 62.5 Å². The number of carbonyl (C=O) groups excluding carboxylic acids is 2. The third kappa shape index (κ3) is 6.12. The Bertz CT molecular complexity index is 1310. The maximum absolute atomic E-state index is 13.1. The van der Waals surface area contributed by atoms with Crippen molar-refractivity contribution in [3.8, 4) is 0 Å². The Morgan fingerprint density at radius 3 is 2.76 bits per heavy atom. The van der Waals surface area contributed by atoms with Gasteiger partial charge in [0, 0.05) is 55.6 Å². The number of piperidine rings is 1. The second-order valence-corrected chi connectivity index (χ2v) is 10.1. The number of rotatable bonds is 9. The van der Waals surface area contributed by atoms with Crippen LogP contribution in [0.5, 0.6) is 0 Å². The van der Waals surface area contributed by atoms with Crippen LogP contribution >= 0.6 is 23.1 Å². The average molecular weight is 540 g/mol. The van der Waals surface area contributed by atoms with Crippen molar-refractivity contribution in [1.82, 2.24) is 25.3 Å². The number of pyridine rings is 2. The number of nitrogens with zero attached hydrogens (tertiary/aromatic N) is 6. The molecule has 4 heterocycles. The quantitative estimate of drug-likeness (QED) is 0.186. The van der Waals surface area contributed by atoms with E-state index >= 15 is 0 Å². The monoisotopic (exact) mass is 539 g/mol. The Kier molecular flexibility index (Phi) is 8.46. The van der Waals surface area contributed by atoms with Gasteiger partial charge in [-0.15, -0.1) is 29.7 Å². The van der Waals surface area contributed by atoms with Crippen molar-refractivity contribution in [2.24, 2.45) is 0 Å². The molecule has 0 radical (unpaired) electrons. The predicted molar refractivity (Wildman–Crippen MR) is 142 cm³/mol. The SMILES string of the molecule is C=CCSc1ncccc1C(=O)N1CCC(c2nc(C(=O)NN(C)c3ncccc3[N+](=O)[O-])cs2)CC1. The molecule has 4 rings (SSSR count). The van der Waals surface area contributed by atoms with Gasteiger partial charge in [-0.05, 0) is 31.0 Å². The molecule has 0 atom stereocenters. The van der Waals surface area contributed by atoms with Crippen LogP contribution in [-0.2, 0) is 0 Å². The minimum atomic E-state index is -0.557. The summed E-state index contributed by atoms with van der Waals surface area (Å²) in [6.07, 6.45) is 6.34. The molecule has 0 saturated carbocycles. The summed E-state index contributed by atoms with van der Waals surface area (Å²) in [5.74, 6) is 0.304. The zero-order chi connectivity index (χ0) is 26.4. The van der Waals surface area contributed by atoms with Crippen molar-refractivity contribution in [1.29, 1.82) is 0 Å². The number of anilines is 1. The lowest BCUT2D eigenvalue weighted by molar-refractivity contribution is -0.384. The molecule has 1 aliphatic heterocycles. The molecule has 192 valence electrons. The Morgan fingerprint density at radius 2 is 2.03 bits per heavy atom. The molecule has 0 bridgehead atoms. The third-order valence-electron chi connectivity index (χ3n) is 5.78. The summed E-state index contributed by atoms with van der Waals surface area (Å²) in [5, 5.41) is 15.7. The van der Waals surface area contributed by atoms with Gasteiger partial charge >= 0.3 is 5.69 Å². The summed E-state index contributed by atoms with van der Waals surface area (Å²) in [6.45, 7) is 4.88.